The number of amides is 3. The number of urea groups is 1. The number of hydrogen-bond acceptors (Lipinski definition) is 4. The molecule has 0 aromatic rings. The van der Waals surface area contributed by atoms with Crippen molar-refractivity contribution in [3.05, 3.63) is 0 Å². The summed E-state index contributed by atoms with van der Waals surface area (Å²) in [5.41, 5.74) is 0. The fourth-order valence-corrected chi connectivity index (χ4v) is 4.55. The van der Waals surface area contributed by atoms with Gasteiger partial charge < -0.3 is 15.5 Å². The van der Waals surface area contributed by atoms with E-state index in [2.05, 4.69) is 16.0 Å². The molecule has 3 rings (SSSR count). The maximum atomic E-state index is 12.3. The Morgan fingerprint density at radius 1 is 0.957 bits per heavy atom. The van der Waals surface area contributed by atoms with Crippen LogP contribution >= 0.6 is 11.8 Å². The third-order valence-electron chi connectivity index (χ3n) is 5.09. The van der Waals surface area contributed by atoms with Gasteiger partial charge in [-0.1, -0.05) is 19.3 Å². The summed E-state index contributed by atoms with van der Waals surface area (Å²) in [6.07, 6.45) is 7.69. The Balaban J connectivity index is 1.37. The molecule has 23 heavy (non-hydrogen) atoms. The average molecular weight is 340 g/mol. The largest absolute Gasteiger partial charge is 0.352 e. The summed E-state index contributed by atoms with van der Waals surface area (Å²) in [5, 5.41) is 9.50. The van der Waals surface area contributed by atoms with E-state index in [1.807, 2.05) is 4.90 Å². The standard InChI is InChI=1S/C16H28N4O2S/c21-15(14-10-23-11-17-14)18-13-6-8-20(9-7-13)16(22)19-12-4-2-1-3-5-12/h12-14,17H,1-11H2,(H,18,21)(H,19,22). The van der Waals surface area contributed by atoms with Crippen molar-refractivity contribution in [1.29, 1.82) is 0 Å². The molecule has 0 aromatic heterocycles. The number of nitrogens with zero attached hydrogens (tertiary/aromatic N) is 1. The van der Waals surface area contributed by atoms with Crippen LogP contribution in [-0.2, 0) is 4.79 Å². The van der Waals surface area contributed by atoms with E-state index < -0.39 is 0 Å². The third kappa shape index (κ3) is 4.76. The minimum atomic E-state index is -0.0485. The van der Waals surface area contributed by atoms with Crippen molar-refractivity contribution in [1.82, 2.24) is 20.9 Å². The molecule has 2 saturated heterocycles. The van der Waals surface area contributed by atoms with Gasteiger partial charge >= 0.3 is 6.03 Å². The first-order chi connectivity index (χ1) is 11.2. The molecule has 3 fully saturated rings. The van der Waals surface area contributed by atoms with Gasteiger partial charge in [-0.15, -0.1) is 11.8 Å². The first-order valence-corrected chi connectivity index (χ1v) is 10.0. The number of hydrogen-bond donors (Lipinski definition) is 3. The summed E-state index contributed by atoms with van der Waals surface area (Å²) in [6.45, 7) is 1.46. The van der Waals surface area contributed by atoms with Crippen molar-refractivity contribution >= 4 is 23.7 Å². The highest BCUT2D eigenvalue weighted by molar-refractivity contribution is 7.99. The Hall–Kier alpha value is -0.950. The molecule has 0 spiro atoms. The van der Waals surface area contributed by atoms with Crippen LogP contribution < -0.4 is 16.0 Å². The number of carbonyl (C=O) groups excluding carboxylic acids is 2. The van der Waals surface area contributed by atoms with E-state index in [1.54, 1.807) is 11.8 Å². The van der Waals surface area contributed by atoms with Gasteiger partial charge in [0.05, 0.1) is 6.04 Å². The topological polar surface area (TPSA) is 73.5 Å². The highest BCUT2D eigenvalue weighted by Gasteiger charge is 2.28. The second-order valence-electron chi connectivity index (χ2n) is 6.83. The molecule has 0 bridgehead atoms. The lowest BCUT2D eigenvalue weighted by Crippen LogP contribution is -2.53. The molecular weight excluding hydrogens is 312 g/mol. The zero-order valence-electron chi connectivity index (χ0n) is 13.7. The number of piperidine rings is 1. The second-order valence-corrected chi connectivity index (χ2v) is 7.86. The lowest BCUT2D eigenvalue weighted by atomic mass is 9.95. The Bertz CT molecular complexity index is 414. The van der Waals surface area contributed by atoms with Gasteiger partial charge in [-0.2, -0.15) is 0 Å². The van der Waals surface area contributed by atoms with Gasteiger partial charge in [0.25, 0.3) is 0 Å². The van der Waals surface area contributed by atoms with Gasteiger partial charge in [-0.25, -0.2) is 4.79 Å². The van der Waals surface area contributed by atoms with Crippen molar-refractivity contribution in [3.63, 3.8) is 0 Å². The fraction of sp³-hybridized carbons (Fsp3) is 0.875. The van der Waals surface area contributed by atoms with E-state index in [9.17, 15) is 9.59 Å². The highest BCUT2D eigenvalue weighted by Crippen LogP contribution is 2.18. The minimum absolute atomic E-state index is 0.0485. The van der Waals surface area contributed by atoms with Gasteiger partial charge in [0, 0.05) is 36.8 Å². The summed E-state index contributed by atoms with van der Waals surface area (Å²) in [6, 6.07) is 0.594. The van der Waals surface area contributed by atoms with Crippen LogP contribution in [0.15, 0.2) is 0 Å². The third-order valence-corrected chi connectivity index (χ3v) is 6.03. The molecule has 3 aliphatic rings. The SMILES string of the molecule is O=C(NC1CCN(C(=O)NC2CCCCC2)CC1)C1CSCN1. The van der Waals surface area contributed by atoms with Crippen molar-refractivity contribution in [3.8, 4) is 0 Å². The fourth-order valence-electron chi connectivity index (χ4n) is 3.61. The zero-order valence-corrected chi connectivity index (χ0v) is 14.5. The molecule has 1 atom stereocenters. The van der Waals surface area contributed by atoms with Crippen LogP contribution in [0.4, 0.5) is 4.79 Å². The van der Waals surface area contributed by atoms with E-state index in [0.29, 0.717) is 6.04 Å². The molecule has 2 heterocycles. The first kappa shape index (κ1) is 16.9. The summed E-state index contributed by atoms with van der Waals surface area (Å²) in [5.74, 6) is 1.83. The maximum Gasteiger partial charge on any atom is 0.317 e. The number of rotatable bonds is 3. The van der Waals surface area contributed by atoms with Gasteiger partial charge in [0.15, 0.2) is 0 Å². The minimum Gasteiger partial charge on any atom is -0.352 e. The normalized spacial score (nSPS) is 27.0. The Kier molecular flexibility index (Phi) is 6.05. The van der Waals surface area contributed by atoms with Crippen LogP contribution in [-0.4, -0.2) is 59.7 Å². The summed E-state index contributed by atoms with van der Waals surface area (Å²) >= 11 is 1.76. The maximum absolute atomic E-state index is 12.3. The average Bonchev–Trinajstić information content (AvgIpc) is 3.11. The van der Waals surface area contributed by atoms with Crippen LogP contribution in [0.3, 0.4) is 0 Å². The molecule has 1 unspecified atom stereocenters. The van der Waals surface area contributed by atoms with Crippen LogP contribution in [0.1, 0.15) is 44.9 Å². The lowest BCUT2D eigenvalue weighted by molar-refractivity contribution is -0.123. The van der Waals surface area contributed by atoms with E-state index >= 15 is 0 Å². The smallest absolute Gasteiger partial charge is 0.317 e. The van der Waals surface area contributed by atoms with Gasteiger partial charge in [-0.3, -0.25) is 10.1 Å². The van der Waals surface area contributed by atoms with Crippen LogP contribution in [0.25, 0.3) is 0 Å². The van der Waals surface area contributed by atoms with Crippen molar-refractivity contribution in [2.24, 2.45) is 0 Å². The Labute approximate surface area is 142 Å². The molecule has 3 amide bonds. The molecule has 3 N–H and O–H groups in total. The van der Waals surface area contributed by atoms with E-state index in [4.69, 9.17) is 0 Å². The van der Waals surface area contributed by atoms with Crippen LogP contribution in [0, 0.1) is 0 Å². The summed E-state index contributed by atoms with van der Waals surface area (Å²) in [4.78, 5) is 26.3. The van der Waals surface area contributed by atoms with Crippen LogP contribution in [0.5, 0.6) is 0 Å². The molecular formula is C16H28N4O2S. The molecule has 0 radical (unpaired) electrons. The molecule has 130 valence electrons. The molecule has 0 aromatic carbocycles. The van der Waals surface area contributed by atoms with Crippen molar-refractivity contribution in [2.75, 3.05) is 24.7 Å². The van der Waals surface area contributed by atoms with E-state index in [1.165, 1.54) is 19.3 Å². The zero-order chi connectivity index (χ0) is 16.1. The molecule has 2 aliphatic heterocycles. The van der Waals surface area contributed by atoms with Crippen molar-refractivity contribution in [2.45, 2.75) is 63.1 Å². The van der Waals surface area contributed by atoms with Crippen molar-refractivity contribution < 1.29 is 9.59 Å². The first-order valence-electron chi connectivity index (χ1n) is 8.89. The molecule has 1 saturated carbocycles. The molecule has 6 nitrogen and oxygen atoms in total. The van der Waals surface area contributed by atoms with Gasteiger partial charge in [-0.05, 0) is 25.7 Å². The lowest BCUT2D eigenvalue weighted by Gasteiger charge is -2.34. The summed E-state index contributed by atoms with van der Waals surface area (Å²) < 4.78 is 0. The van der Waals surface area contributed by atoms with Gasteiger partial charge in [0.2, 0.25) is 5.91 Å². The predicted molar refractivity (Wildman–Crippen MR) is 92.4 cm³/mol. The predicted octanol–water partition coefficient (Wildman–Crippen LogP) is 1.27. The number of thioether (sulfide) groups is 1. The Morgan fingerprint density at radius 3 is 2.30 bits per heavy atom. The number of nitrogens with one attached hydrogen (secondary N) is 3. The van der Waals surface area contributed by atoms with E-state index in [0.717, 1.165) is 50.4 Å². The highest BCUT2D eigenvalue weighted by atomic mass is 32.2. The van der Waals surface area contributed by atoms with Gasteiger partial charge in [0.1, 0.15) is 0 Å². The molecule has 7 heteroatoms. The second kappa shape index (κ2) is 8.24. The number of carbonyl (C=O) groups is 2. The molecule has 1 aliphatic carbocycles. The summed E-state index contributed by atoms with van der Waals surface area (Å²) in [7, 11) is 0. The van der Waals surface area contributed by atoms with Crippen LogP contribution in [0.2, 0.25) is 0 Å². The quantitative estimate of drug-likeness (QED) is 0.723. The Morgan fingerprint density at radius 2 is 1.65 bits per heavy atom. The van der Waals surface area contributed by atoms with E-state index in [-0.39, 0.29) is 24.0 Å². The monoisotopic (exact) mass is 340 g/mol. The number of likely N-dealkylation sites (tertiary alicyclic amines) is 1.